The van der Waals surface area contributed by atoms with E-state index in [4.69, 9.17) is 16.3 Å². The molecule has 0 spiro atoms. The van der Waals surface area contributed by atoms with Gasteiger partial charge in [-0.15, -0.1) is 0 Å². The van der Waals surface area contributed by atoms with Crippen molar-refractivity contribution in [2.24, 2.45) is 5.10 Å². The van der Waals surface area contributed by atoms with Crippen molar-refractivity contribution in [3.63, 3.8) is 0 Å². The van der Waals surface area contributed by atoms with E-state index in [-0.39, 0.29) is 12.3 Å². The van der Waals surface area contributed by atoms with Gasteiger partial charge in [0, 0.05) is 16.1 Å². The van der Waals surface area contributed by atoms with Crippen molar-refractivity contribution >= 4 is 29.6 Å². The Bertz CT molecular complexity index is 808. The third-order valence-corrected chi connectivity index (χ3v) is 3.36. The number of phenols is 1. The molecule has 0 saturated heterocycles. The van der Waals surface area contributed by atoms with Crippen molar-refractivity contribution in [3.05, 3.63) is 58.6 Å². The molecule has 0 aliphatic rings. The molecule has 0 fully saturated rings. The van der Waals surface area contributed by atoms with Crippen LogP contribution in [0.4, 0.5) is 0 Å². The Balaban J connectivity index is 1.85. The molecule has 0 heterocycles. The lowest BCUT2D eigenvalue weighted by molar-refractivity contribution is -0.120. The third-order valence-electron chi connectivity index (χ3n) is 3.12. The second-order valence-corrected chi connectivity index (χ2v) is 5.35. The number of benzene rings is 2. The molecule has 2 rings (SSSR count). The molecule has 2 aromatic rings. The maximum atomic E-state index is 11.9. The predicted molar refractivity (Wildman–Crippen MR) is 94.2 cm³/mol. The van der Waals surface area contributed by atoms with Crippen molar-refractivity contribution in [3.8, 4) is 11.5 Å². The minimum absolute atomic E-state index is 0.00643. The van der Waals surface area contributed by atoms with Gasteiger partial charge in [0.2, 0.25) is 0 Å². The number of rotatable bonds is 6. The van der Waals surface area contributed by atoms with Gasteiger partial charge in [0.05, 0.1) is 19.9 Å². The first-order chi connectivity index (χ1) is 12.0. The van der Waals surface area contributed by atoms with Crippen molar-refractivity contribution in [1.29, 1.82) is 0 Å². The zero-order valence-electron chi connectivity index (χ0n) is 13.3. The van der Waals surface area contributed by atoms with E-state index >= 15 is 0 Å². The van der Waals surface area contributed by atoms with Crippen molar-refractivity contribution in [2.75, 3.05) is 13.7 Å². The molecule has 7 nitrogen and oxygen atoms in total. The van der Waals surface area contributed by atoms with Gasteiger partial charge in [-0.25, -0.2) is 5.43 Å². The zero-order valence-corrected chi connectivity index (χ0v) is 14.1. The van der Waals surface area contributed by atoms with Gasteiger partial charge in [-0.2, -0.15) is 5.10 Å². The number of amides is 2. The van der Waals surface area contributed by atoms with Gasteiger partial charge >= 0.3 is 0 Å². The number of phenolic OH excluding ortho intramolecular Hbond substituents is 1. The predicted octanol–water partition coefficient (Wildman–Crippen LogP) is 1.93. The molecule has 3 N–H and O–H groups in total. The lowest BCUT2D eigenvalue weighted by Gasteiger charge is -2.05. The number of ether oxygens (including phenoxy) is 1. The highest BCUT2D eigenvalue weighted by molar-refractivity contribution is 6.30. The van der Waals surface area contributed by atoms with Gasteiger partial charge in [-0.05, 0) is 36.4 Å². The largest absolute Gasteiger partial charge is 0.507 e. The van der Waals surface area contributed by atoms with Crippen LogP contribution >= 0.6 is 11.6 Å². The van der Waals surface area contributed by atoms with E-state index in [0.29, 0.717) is 21.9 Å². The third kappa shape index (κ3) is 5.50. The molecule has 0 saturated carbocycles. The second-order valence-electron chi connectivity index (χ2n) is 4.91. The van der Waals surface area contributed by atoms with Crippen LogP contribution in [-0.4, -0.2) is 36.8 Å². The molecule has 130 valence electrons. The number of hydrogen-bond donors (Lipinski definition) is 3. The van der Waals surface area contributed by atoms with Gasteiger partial charge < -0.3 is 15.2 Å². The number of hydrazone groups is 1. The Labute approximate surface area is 149 Å². The molecule has 0 unspecified atom stereocenters. The molecule has 0 bridgehead atoms. The number of nitrogens with zero attached hydrogens (tertiary/aromatic N) is 1. The van der Waals surface area contributed by atoms with Crippen LogP contribution in [0.5, 0.6) is 11.5 Å². The SMILES string of the molecule is COc1ccc(O)c(/C=N\NC(=O)CNC(=O)c2cccc(Cl)c2)c1. The first-order valence-electron chi connectivity index (χ1n) is 7.22. The van der Waals surface area contributed by atoms with Crippen LogP contribution in [0, 0.1) is 0 Å². The van der Waals surface area contributed by atoms with E-state index in [1.807, 2.05) is 0 Å². The average Bonchev–Trinajstić information content (AvgIpc) is 2.61. The van der Waals surface area contributed by atoms with Crippen LogP contribution in [0.2, 0.25) is 5.02 Å². The maximum Gasteiger partial charge on any atom is 0.259 e. The average molecular weight is 362 g/mol. The van der Waals surface area contributed by atoms with Gasteiger partial charge in [-0.3, -0.25) is 9.59 Å². The molecule has 2 amide bonds. The molecule has 8 heteroatoms. The fraction of sp³-hybridized carbons (Fsp3) is 0.118. The van der Waals surface area contributed by atoms with Crippen molar-refractivity contribution in [2.45, 2.75) is 0 Å². The number of halogens is 1. The van der Waals surface area contributed by atoms with Crippen LogP contribution in [0.1, 0.15) is 15.9 Å². The highest BCUT2D eigenvalue weighted by Gasteiger charge is 2.08. The van der Waals surface area contributed by atoms with Crippen molar-refractivity contribution in [1.82, 2.24) is 10.7 Å². The summed E-state index contributed by atoms with van der Waals surface area (Å²) in [6.07, 6.45) is 1.27. The van der Waals surface area contributed by atoms with Gasteiger partial charge in [0.15, 0.2) is 0 Å². The summed E-state index contributed by atoms with van der Waals surface area (Å²) in [6.45, 7) is -0.257. The molecule has 0 aliphatic heterocycles. The smallest absolute Gasteiger partial charge is 0.259 e. The zero-order chi connectivity index (χ0) is 18.2. The minimum atomic E-state index is -0.519. The maximum absolute atomic E-state index is 11.9. The highest BCUT2D eigenvalue weighted by Crippen LogP contribution is 2.20. The van der Waals surface area contributed by atoms with E-state index in [0.717, 1.165) is 0 Å². The lowest BCUT2D eigenvalue weighted by atomic mass is 10.2. The summed E-state index contributed by atoms with van der Waals surface area (Å²) >= 11 is 5.80. The number of methoxy groups -OCH3 is 1. The lowest BCUT2D eigenvalue weighted by Crippen LogP contribution is -2.34. The summed E-state index contributed by atoms with van der Waals surface area (Å²) in [4.78, 5) is 23.6. The number of carbonyl (C=O) groups excluding carboxylic acids is 2. The Hall–Kier alpha value is -3.06. The van der Waals surface area contributed by atoms with Crippen LogP contribution in [-0.2, 0) is 4.79 Å². The first kappa shape index (κ1) is 18.3. The highest BCUT2D eigenvalue weighted by atomic mass is 35.5. The molecule has 0 aromatic heterocycles. The molecule has 0 aliphatic carbocycles. The van der Waals surface area contributed by atoms with Gasteiger partial charge in [0.25, 0.3) is 11.8 Å². The fourth-order valence-electron chi connectivity index (χ4n) is 1.87. The second kappa shape index (κ2) is 8.70. The number of nitrogens with one attached hydrogen (secondary N) is 2. The van der Waals surface area contributed by atoms with Crippen LogP contribution in [0.15, 0.2) is 47.6 Å². The first-order valence-corrected chi connectivity index (χ1v) is 7.60. The number of carbonyl (C=O) groups is 2. The van der Waals surface area contributed by atoms with Crippen molar-refractivity contribution < 1.29 is 19.4 Å². The van der Waals surface area contributed by atoms with E-state index in [9.17, 15) is 14.7 Å². The fourth-order valence-corrected chi connectivity index (χ4v) is 2.06. The summed E-state index contributed by atoms with van der Waals surface area (Å²) in [6, 6.07) is 11.0. The van der Waals surface area contributed by atoms with Crippen LogP contribution in [0.25, 0.3) is 0 Å². The molecular formula is C17H16ClN3O4. The Morgan fingerprint density at radius 1 is 1.28 bits per heavy atom. The molecule has 0 atom stereocenters. The van der Waals surface area contributed by atoms with Gasteiger partial charge in [0.1, 0.15) is 11.5 Å². The minimum Gasteiger partial charge on any atom is -0.507 e. The van der Waals surface area contributed by atoms with E-state index < -0.39 is 11.8 Å². The number of aromatic hydroxyl groups is 1. The summed E-state index contributed by atoms with van der Waals surface area (Å²) in [7, 11) is 1.50. The van der Waals surface area contributed by atoms with E-state index in [1.165, 1.54) is 25.5 Å². The molecular weight excluding hydrogens is 346 g/mol. The topological polar surface area (TPSA) is 100 Å². The van der Waals surface area contributed by atoms with Crippen LogP contribution in [0.3, 0.4) is 0 Å². The van der Waals surface area contributed by atoms with Gasteiger partial charge in [-0.1, -0.05) is 17.7 Å². The monoisotopic (exact) mass is 361 g/mol. The summed E-state index contributed by atoms with van der Waals surface area (Å²) in [5.74, 6) is -0.409. The summed E-state index contributed by atoms with van der Waals surface area (Å²) < 4.78 is 5.04. The molecule has 2 aromatic carbocycles. The Morgan fingerprint density at radius 3 is 2.80 bits per heavy atom. The standard InChI is InChI=1S/C17H16ClN3O4/c1-25-14-5-6-15(22)12(8-14)9-20-21-16(23)10-19-17(24)11-3-2-4-13(18)7-11/h2-9,22H,10H2,1H3,(H,19,24)(H,21,23)/b20-9-. The Morgan fingerprint density at radius 2 is 2.08 bits per heavy atom. The molecule has 0 radical (unpaired) electrons. The quantitative estimate of drug-likeness (QED) is 0.540. The van der Waals surface area contributed by atoms with E-state index in [2.05, 4.69) is 15.8 Å². The van der Waals surface area contributed by atoms with E-state index in [1.54, 1.807) is 30.3 Å². The Kier molecular flexibility index (Phi) is 6.36. The summed E-state index contributed by atoms with van der Waals surface area (Å²) in [5.41, 5.74) is 2.98. The summed E-state index contributed by atoms with van der Waals surface area (Å²) in [5, 5.41) is 16.3. The number of hydrogen-bond acceptors (Lipinski definition) is 5. The van der Waals surface area contributed by atoms with Crippen LogP contribution < -0.4 is 15.5 Å². The molecule has 25 heavy (non-hydrogen) atoms. The normalized spacial score (nSPS) is 10.5.